The first-order valence-corrected chi connectivity index (χ1v) is 9.02. The first kappa shape index (κ1) is 20.4. The van der Waals surface area contributed by atoms with Crippen molar-refractivity contribution in [3.05, 3.63) is 57.6 Å². The van der Waals surface area contributed by atoms with Gasteiger partial charge in [0.25, 0.3) is 0 Å². The summed E-state index contributed by atoms with van der Waals surface area (Å²) in [7, 11) is 1.31. The van der Waals surface area contributed by atoms with E-state index in [2.05, 4.69) is 38.2 Å². The van der Waals surface area contributed by atoms with E-state index in [0.29, 0.717) is 34.4 Å². The number of halogens is 2. The van der Waals surface area contributed by atoms with Gasteiger partial charge in [0, 0.05) is 11.6 Å². The van der Waals surface area contributed by atoms with Crippen LogP contribution in [0.15, 0.2) is 36.4 Å². The number of carbonyl (C=O) groups excluding carboxylic acids is 1. The summed E-state index contributed by atoms with van der Waals surface area (Å²) in [6.45, 7) is 7.38. The van der Waals surface area contributed by atoms with Gasteiger partial charge in [-0.1, -0.05) is 56.1 Å². The molecule has 1 N–H and O–H groups in total. The zero-order valence-corrected chi connectivity index (χ0v) is 16.9. The fourth-order valence-corrected chi connectivity index (χ4v) is 2.98. The highest BCUT2D eigenvalue weighted by molar-refractivity contribution is 6.37. The van der Waals surface area contributed by atoms with Crippen molar-refractivity contribution in [2.75, 3.05) is 25.6 Å². The molecule has 0 aliphatic carbocycles. The van der Waals surface area contributed by atoms with Crippen LogP contribution in [0.1, 0.15) is 36.7 Å². The average molecular weight is 396 g/mol. The Morgan fingerprint density at radius 2 is 1.77 bits per heavy atom. The molecule has 0 spiro atoms. The number of methoxy groups -OCH3 is 1. The smallest absolute Gasteiger partial charge is 0.340 e. The lowest BCUT2D eigenvalue weighted by atomic mass is 9.87. The van der Waals surface area contributed by atoms with E-state index in [1.807, 2.05) is 12.1 Å². The van der Waals surface area contributed by atoms with Crippen molar-refractivity contribution >= 4 is 34.9 Å². The quantitative estimate of drug-likeness (QED) is 0.512. The van der Waals surface area contributed by atoms with Crippen molar-refractivity contribution in [2.24, 2.45) is 0 Å². The number of benzene rings is 2. The summed E-state index contributed by atoms with van der Waals surface area (Å²) in [5.41, 5.74) is 2.13. The van der Waals surface area contributed by atoms with Crippen LogP contribution in [0.4, 0.5) is 5.69 Å². The molecule has 0 bridgehead atoms. The van der Waals surface area contributed by atoms with Crippen molar-refractivity contribution in [2.45, 2.75) is 26.2 Å². The lowest BCUT2D eigenvalue weighted by Crippen LogP contribution is -2.15. The number of nitrogens with one attached hydrogen (secondary N) is 1. The summed E-state index contributed by atoms with van der Waals surface area (Å²) in [4.78, 5) is 11.9. The molecule has 0 radical (unpaired) electrons. The molecule has 2 aromatic carbocycles. The molecule has 2 rings (SSSR count). The van der Waals surface area contributed by atoms with E-state index in [1.165, 1.54) is 18.7 Å². The highest BCUT2D eigenvalue weighted by Gasteiger charge is 2.16. The molecule has 0 heterocycles. The Hall–Kier alpha value is -1.91. The maximum absolute atomic E-state index is 11.9. The monoisotopic (exact) mass is 395 g/mol. The van der Waals surface area contributed by atoms with Gasteiger partial charge < -0.3 is 14.8 Å². The molecule has 4 nitrogen and oxygen atoms in total. The second kappa shape index (κ2) is 8.65. The predicted molar refractivity (Wildman–Crippen MR) is 107 cm³/mol. The van der Waals surface area contributed by atoms with Crippen molar-refractivity contribution in [1.82, 2.24) is 0 Å². The topological polar surface area (TPSA) is 47.6 Å². The molecule has 6 heteroatoms. The summed E-state index contributed by atoms with van der Waals surface area (Å²) in [5.74, 6) is 0.283. The molecule has 0 atom stereocenters. The minimum atomic E-state index is -0.504. The minimum Gasteiger partial charge on any atom is -0.492 e. The fourth-order valence-electron chi connectivity index (χ4n) is 2.42. The highest BCUT2D eigenvalue weighted by Crippen LogP contribution is 2.30. The SMILES string of the molecule is COC(=O)c1cc(Cl)cc(Cl)c1NCCOc1ccc(C(C)(C)C)cc1. The van der Waals surface area contributed by atoms with Gasteiger partial charge in [0.2, 0.25) is 0 Å². The van der Waals surface area contributed by atoms with Gasteiger partial charge in [0.05, 0.1) is 23.4 Å². The summed E-state index contributed by atoms with van der Waals surface area (Å²) >= 11 is 12.2. The number of hydrogen-bond acceptors (Lipinski definition) is 4. The molecule has 0 saturated carbocycles. The zero-order chi connectivity index (χ0) is 19.3. The summed E-state index contributed by atoms with van der Waals surface area (Å²) < 4.78 is 10.5. The third-order valence-corrected chi connectivity index (χ3v) is 4.37. The van der Waals surface area contributed by atoms with E-state index in [9.17, 15) is 4.79 Å². The molecule has 140 valence electrons. The van der Waals surface area contributed by atoms with Gasteiger partial charge in [0.15, 0.2) is 0 Å². The number of carbonyl (C=O) groups is 1. The Bertz CT molecular complexity index is 768. The van der Waals surface area contributed by atoms with Crippen LogP contribution in [0, 0.1) is 0 Å². The van der Waals surface area contributed by atoms with Crippen molar-refractivity contribution in [3.63, 3.8) is 0 Å². The van der Waals surface area contributed by atoms with Crippen LogP contribution in [-0.4, -0.2) is 26.2 Å². The molecule has 0 aromatic heterocycles. The second-order valence-corrected chi connectivity index (χ2v) is 7.70. The number of ether oxygens (including phenoxy) is 2. The van der Waals surface area contributed by atoms with Gasteiger partial charge in [-0.3, -0.25) is 0 Å². The summed E-state index contributed by atoms with van der Waals surface area (Å²) in [6.07, 6.45) is 0. The summed E-state index contributed by atoms with van der Waals surface area (Å²) in [6, 6.07) is 11.1. The van der Waals surface area contributed by atoms with Crippen LogP contribution < -0.4 is 10.1 Å². The maximum Gasteiger partial charge on any atom is 0.340 e. The van der Waals surface area contributed by atoms with E-state index in [0.717, 1.165) is 5.75 Å². The molecule has 0 amide bonds. The largest absolute Gasteiger partial charge is 0.492 e. The molecule has 0 aliphatic heterocycles. The van der Waals surface area contributed by atoms with Gasteiger partial charge in [-0.15, -0.1) is 0 Å². The fraction of sp³-hybridized carbons (Fsp3) is 0.350. The van der Waals surface area contributed by atoms with Gasteiger partial charge in [-0.2, -0.15) is 0 Å². The first-order valence-electron chi connectivity index (χ1n) is 8.27. The molecule has 2 aromatic rings. The Morgan fingerprint density at radius 1 is 1.12 bits per heavy atom. The summed E-state index contributed by atoms with van der Waals surface area (Å²) in [5, 5.41) is 3.84. The van der Waals surface area contributed by atoms with E-state index in [4.69, 9.17) is 32.7 Å². The number of rotatable bonds is 6. The van der Waals surface area contributed by atoms with Crippen molar-refractivity contribution < 1.29 is 14.3 Å². The molecule has 0 aliphatic rings. The molecular weight excluding hydrogens is 373 g/mol. The normalized spacial score (nSPS) is 11.2. The zero-order valence-electron chi connectivity index (χ0n) is 15.4. The van der Waals surface area contributed by atoms with Crippen molar-refractivity contribution in [3.8, 4) is 5.75 Å². The average Bonchev–Trinajstić information content (AvgIpc) is 2.58. The van der Waals surface area contributed by atoms with Crippen LogP contribution in [-0.2, 0) is 10.2 Å². The van der Waals surface area contributed by atoms with Gasteiger partial charge in [-0.05, 0) is 35.2 Å². The van der Waals surface area contributed by atoms with Crippen LogP contribution in [0.3, 0.4) is 0 Å². The molecule has 0 fully saturated rings. The lowest BCUT2D eigenvalue weighted by Gasteiger charge is -2.19. The van der Waals surface area contributed by atoms with Gasteiger partial charge in [0.1, 0.15) is 12.4 Å². The molecular formula is C20H23Cl2NO3. The Kier molecular flexibility index (Phi) is 6.79. The van der Waals surface area contributed by atoms with E-state index in [1.54, 1.807) is 6.07 Å². The Labute approximate surface area is 164 Å². The second-order valence-electron chi connectivity index (χ2n) is 6.85. The standard InChI is InChI=1S/C20H23Cl2NO3/c1-20(2,3)13-5-7-15(8-6-13)26-10-9-23-18-16(19(24)25-4)11-14(21)12-17(18)22/h5-8,11-12,23H,9-10H2,1-4H3. The maximum atomic E-state index is 11.9. The third-order valence-electron chi connectivity index (χ3n) is 3.85. The lowest BCUT2D eigenvalue weighted by molar-refractivity contribution is 0.0602. The Morgan fingerprint density at radius 3 is 2.35 bits per heavy atom. The van der Waals surface area contributed by atoms with Crippen LogP contribution in [0.2, 0.25) is 10.0 Å². The van der Waals surface area contributed by atoms with E-state index in [-0.39, 0.29) is 5.41 Å². The van der Waals surface area contributed by atoms with Crippen LogP contribution in [0.25, 0.3) is 0 Å². The van der Waals surface area contributed by atoms with Crippen molar-refractivity contribution in [1.29, 1.82) is 0 Å². The third kappa shape index (κ3) is 5.29. The number of hydrogen-bond donors (Lipinski definition) is 1. The van der Waals surface area contributed by atoms with E-state index >= 15 is 0 Å². The Balaban J connectivity index is 1.97. The highest BCUT2D eigenvalue weighted by atomic mass is 35.5. The molecule has 26 heavy (non-hydrogen) atoms. The number of anilines is 1. The predicted octanol–water partition coefficient (Wildman–Crippen LogP) is 5.57. The van der Waals surface area contributed by atoms with Gasteiger partial charge >= 0.3 is 5.97 Å². The van der Waals surface area contributed by atoms with E-state index < -0.39 is 5.97 Å². The molecule has 0 saturated heterocycles. The van der Waals surface area contributed by atoms with Gasteiger partial charge in [-0.25, -0.2) is 4.79 Å². The minimum absolute atomic E-state index is 0.107. The number of esters is 1. The molecule has 0 unspecified atom stereocenters. The van der Waals surface area contributed by atoms with Crippen LogP contribution >= 0.6 is 23.2 Å². The first-order chi connectivity index (χ1) is 12.2. The van der Waals surface area contributed by atoms with Crippen LogP contribution in [0.5, 0.6) is 5.75 Å².